The Balaban J connectivity index is 1.81. The number of nitrogens with zero attached hydrogens (tertiary/aromatic N) is 1. The van der Waals surface area contributed by atoms with Crippen LogP contribution in [0.1, 0.15) is 12.8 Å². The summed E-state index contributed by atoms with van der Waals surface area (Å²) in [7, 11) is -4.12. The third-order valence-corrected chi connectivity index (χ3v) is 5.48. The summed E-state index contributed by atoms with van der Waals surface area (Å²) in [5, 5.41) is 0. The quantitative estimate of drug-likeness (QED) is 0.617. The summed E-state index contributed by atoms with van der Waals surface area (Å²) in [6, 6.07) is 16.4. The molecule has 0 radical (unpaired) electrons. The summed E-state index contributed by atoms with van der Waals surface area (Å²) in [4.78, 5) is 4.59. The zero-order valence-corrected chi connectivity index (χ0v) is 13.6. The van der Waals surface area contributed by atoms with Crippen LogP contribution in [0.3, 0.4) is 0 Å². The molecule has 0 saturated carbocycles. The molecule has 0 saturated heterocycles. The van der Waals surface area contributed by atoms with E-state index in [1.165, 1.54) is 9.79 Å². The van der Waals surface area contributed by atoms with Gasteiger partial charge >= 0.3 is 0 Å². The van der Waals surface area contributed by atoms with Crippen LogP contribution in [0.4, 0.5) is 11.4 Å². The highest BCUT2D eigenvalue weighted by molar-refractivity contribution is 7.99. The SMILES string of the molecule is O=S(=O)([O-])CCCCN1c2ccccc2Sc2ccccc21. The van der Waals surface area contributed by atoms with Crippen LogP contribution in [0.5, 0.6) is 0 Å². The lowest BCUT2D eigenvalue weighted by atomic mass is 10.2. The number of hydrogen-bond donors (Lipinski definition) is 0. The van der Waals surface area contributed by atoms with Crippen LogP contribution >= 0.6 is 11.8 Å². The minimum absolute atomic E-state index is 0.293. The Morgan fingerprint density at radius 3 is 2.00 bits per heavy atom. The maximum absolute atomic E-state index is 10.7. The Morgan fingerprint density at radius 2 is 1.45 bits per heavy atom. The predicted molar refractivity (Wildman–Crippen MR) is 87.8 cm³/mol. The van der Waals surface area contributed by atoms with E-state index in [1.807, 2.05) is 24.3 Å². The molecule has 2 aromatic carbocycles. The van der Waals surface area contributed by atoms with E-state index in [0.29, 0.717) is 19.4 Å². The molecule has 1 aliphatic rings. The summed E-state index contributed by atoms with van der Waals surface area (Å²) < 4.78 is 32.1. The van der Waals surface area contributed by atoms with Gasteiger partial charge in [0.1, 0.15) is 0 Å². The molecular weight excluding hydrogens is 318 g/mol. The van der Waals surface area contributed by atoms with Crippen molar-refractivity contribution in [3.8, 4) is 0 Å². The van der Waals surface area contributed by atoms with Gasteiger partial charge in [0.05, 0.1) is 21.5 Å². The van der Waals surface area contributed by atoms with Gasteiger partial charge in [0.2, 0.25) is 0 Å². The number of fused-ring (bicyclic) bond motifs is 2. The molecule has 3 rings (SSSR count). The molecule has 0 spiro atoms. The van der Waals surface area contributed by atoms with E-state index < -0.39 is 10.1 Å². The molecule has 0 aromatic heterocycles. The number of para-hydroxylation sites is 2. The largest absolute Gasteiger partial charge is 0.748 e. The molecule has 0 unspecified atom stereocenters. The third kappa shape index (κ3) is 3.45. The van der Waals surface area contributed by atoms with Gasteiger partial charge in [-0.3, -0.25) is 0 Å². The Labute approximate surface area is 134 Å². The first kappa shape index (κ1) is 15.4. The number of benzene rings is 2. The highest BCUT2D eigenvalue weighted by Gasteiger charge is 2.22. The second-order valence-electron chi connectivity index (χ2n) is 5.16. The lowest BCUT2D eigenvalue weighted by Crippen LogP contribution is -2.22. The van der Waals surface area contributed by atoms with E-state index in [9.17, 15) is 13.0 Å². The maximum atomic E-state index is 10.7. The highest BCUT2D eigenvalue weighted by Crippen LogP contribution is 2.47. The zero-order valence-electron chi connectivity index (χ0n) is 11.9. The zero-order chi connectivity index (χ0) is 15.6. The monoisotopic (exact) mass is 334 g/mol. The van der Waals surface area contributed by atoms with Gasteiger partial charge in [0, 0.05) is 22.1 Å². The van der Waals surface area contributed by atoms with Gasteiger partial charge in [-0.2, -0.15) is 0 Å². The van der Waals surface area contributed by atoms with Gasteiger partial charge in [-0.25, -0.2) is 8.42 Å². The van der Waals surface area contributed by atoms with Gasteiger partial charge in [-0.1, -0.05) is 36.0 Å². The molecule has 116 valence electrons. The Bertz CT molecular complexity index is 729. The topological polar surface area (TPSA) is 60.4 Å². The van der Waals surface area contributed by atoms with E-state index in [4.69, 9.17) is 0 Å². The molecule has 22 heavy (non-hydrogen) atoms. The van der Waals surface area contributed by atoms with E-state index in [-0.39, 0.29) is 5.75 Å². The molecule has 1 aliphatic heterocycles. The molecule has 0 fully saturated rings. The summed E-state index contributed by atoms with van der Waals surface area (Å²) in [6.07, 6.45) is 1.05. The highest BCUT2D eigenvalue weighted by atomic mass is 32.2. The maximum Gasteiger partial charge on any atom is 0.0945 e. The minimum atomic E-state index is -4.12. The van der Waals surface area contributed by atoms with Gasteiger partial charge in [-0.15, -0.1) is 0 Å². The lowest BCUT2D eigenvalue weighted by Gasteiger charge is -2.32. The molecule has 0 N–H and O–H groups in total. The first-order chi connectivity index (χ1) is 10.5. The Hall–Kier alpha value is -1.50. The lowest BCUT2D eigenvalue weighted by molar-refractivity contribution is 0.460. The molecule has 0 atom stereocenters. The fourth-order valence-electron chi connectivity index (χ4n) is 2.57. The summed E-state index contributed by atoms with van der Waals surface area (Å²) >= 11 is 1.74. The molecule has 1 heterocycles. The number of hydrogen-bond acceptors (Lipinski definition) is 5. The van der Waals surface area contributed by atoms with E-state index in [1.54, 1.807) is 11.8 Å². The molecular formula is C16H16NO3S2-. The first-order valence-corrected chi connectivity index (χ1v) is 9.51. The van der Waals surface area contributed by atoms with E-state index in [0.717, 1.165) is 11.4 Å². The van der Waals surface area contributed by atoms with Crippen molar-refractivity contribution in [1.29, 1.82) is 0 Å². The molecule has 0 aliphatic carbocycles. The molecule has 4 nitrogen and oxygen atoms in total. The average Bonchev–Trinajstić information content (AvgIpc) is 2.49. The molecule has 6 heteroatoms. The molecule has 0 amide bonds. The Morgan fingerprint density at radius 1 is 0.909 bits per heavy atom. The number of anilines is 2. The standard InChI is InChI=1S/C16H17NO3S2/c18-22(19,20)12-6-5-11-17-13-7-1-3-9-15(13)21-16-10-4-2-8-14(16)17/h1-4,7-10H,5-6,11-12H2,(H,18,19,20)/p-1. The van der Waals surface area contributed by atoms with E-state index in [2.05, 4.69) is 29.2 Å². The van der Waals surface area contributed by atoms with Crippen molar-refractivity contribution >= 4 is 33.3 Å². The third-order valence-electron chi connectivity index (χ3n) is 3.56. The molecule has 2 aromatic rings. The predicted octanol–water partition coefficient (Wildman–Crippen LogP) is 3.61. The summed E-state index contributed by atoms with van der Waals surface area (Å²) in [5.74, 6) is -0.293. The van der Waals surface area contributed by atoms with Crippen molar-refractivity contribution in [2.75, 3.05) is 17.2 Å². The van der Waals surface area contributed by atoms with Gasteiger partial charge < -0.3 is 9.45 Å². The Kier molecular flexibility index (Phi) is 4.42. The average molecular weight is 334 g/mol. The van der Waals surface area contributed by atoms with Gasteiger partial charge in [0.15, 0.2) is 0 Å². The summed E-state index contributed by atoms with van der Waals surface area (Å²) in [5.41, 5.74) is 2.27. The van der Waals surface area contributed by atoms with Crippen LogP contribution < -0.4 is 4.90 Å². The normalized spacial score (nSPS) is 13.6. The minimum Gasteiger partial charge on any atom is -0.748 e. The first-order valence-electron chi connectivity index (χ1n) is 7.12. The number of rotatable bonds is 5. The second-order valence-corrected chi connectivity index (χ2v) is 7.77. The van der Waals surface area contributed by atoms with Gasteiger partial charge in [-0.05, 0) is 37.1 Å². The molecule has 0 bridgehead atoms. The van der Waals surface area contributed by atoms with Crippen molar-refractivity contribution in [3.05, 3.63) is 48.5 Å². The van der Waals surface area contributed by atoms with Crippen LogP contribution in [-0.2, 0) is 10.1 Å². The van der Waals surface area contributed by atoms with E-state index >= 15 is 0 Å². The fraction of sp³-hybridized carbons (Fsp3) is 0.250. The van der Waals surface area contributed by atoms with Gasteiger partial charge in [0.25, 0.3) is 0 Å². The van der Waals surface area contributed by atoms with Crippen LogP contribution in [0, 0.1) is 0 Å². The smallest absolute Gasteiger partial charge is 0.0945 e. The van der Waals surface area contributed by atoms with Crippen LogP contribution in [0.2, 0.25) is 0 Å². The van der Waals surface area contributed by atoms with Crippen molar-refractivity contribution < 1.29 is 13.0 Å². The number of unbranched alkanes of at least 4 members (excludes halogenated alkanes) is 1. The van der Waals surface area contributed by atoms with Crippen molar-refractivity contribution in [2.45, 2.75) is 22.6 Å². The van der Waals surface area contributed by atoms with Crippen LogP contribution in [0.25, 0.3) is 0 Å². The van der Waals surface area contributed by atoms with Crippen molar-refractivity contribution in [2.24, 2.45) is 0 Å². The van der Waals surface area contributed by atoms with Crippen molar-refractivity contribution in [1.82, 2.24) is 0 Å². The fourth-order valence-corrected chi connectivity index (χ4v) is 4.22. The summed E-state index contributed by atoms with van der Waals surface area (Å²) in [6.45, 7) is 0.699. The van der Waals surface area contributed by atoms with Crippen LogP contribution in [0.15, 0.2) is 58.3 Å². The van der Waals surface area contributed by atoms with Crippen molar-refractivity contribution in [3.63, 3.8) is 0 Å². The van der Waals surface area contributed by atoms with Crippen LogP contribution in [-0.4, -0.2) is 25.3 Å². The second kappa shape index (κ2) is 6.32.